The quantitative estimate of drug-likeness (QED) is 0.578. The van der Waals surface area contributed by atoms with Gasteiger partial charge in [-0.05, 0) is 69.8 Å². The molecule has 0 aliphatic carbocycles. The Labute approximate surface area is 135 Å². The number of nitrogens with two attached hydrogens (primary N) is 1. The van der Waals surface area contributed by atoms with Crippen molar-refractivity contribution in [2.24, 2.45) is 5.73 Å². The minimum Gasteiger partial charge on any atom is -0.320 e. The summed E-state index contributed by atoms with van der Waals surface area (Å²) in [5, 5.41) is 2.12. The molecular weight excluding hydrogens is 477 g/mol. The van der Waals surface area contributed by atoms with Crippen molar-refractivity contribution in [3.05, 3.63) is 52.1 Å². The van der Waals surface area contributed by atoms with E-state index in [2.05, 4.69) is 85.0 Å². The third-order valence-corrected chi connectivity index (χ3v) is 5.91. The number of benzene rings is 1. The van der Waals surface area contributed by atoms with Crippen LogP contribution >= 0.6 is 65.8 Å². The SMILES string of the molecule is Cc1cc(Br)c(C(N)c2csc(I)c2)cc1Br. The first kappa shape index (κ1) is 14.0. The standard InChI is InChI=1S/C12H10Br2INS/c1-6-2-10(14)8(4-9(6)13)12(16)7-3-11(15)17-5-7/h2-5,12H,16H2,1H3. The highest BCUT2D eigenvalue weighted by Crippen LogP contribution is 2.33. The lowest BCUT2D eigenvalue weighted by molar-refractivity contribution is 0.868. The molecule has 1 aromatic carbocycles. The number of thiophene rings is 1. The predicted octanol–water partition coefficient (Wildman–Crippen LogP) is 5.23. The van der Waals surface area contributed by atoms with Crippen LogP contribution in [0.1, 0.15) is 22.7 Å². The number of rotatable bonds is 2. The summed E-state index contributed by atoms with van der Waals surface area (Å²) in [6.45, 7) is 2.07. The van der Waals surface area contributed by atoms with Crippen molar-refractivity contribution in [3.8, 4) is 0 Å². The van der Waals surface area contributed by atoms with E-state index in [4.69, 9.17) is 5.73 Å². The molecule has 1 heterocycles. The Kier molecular flexibility index (Phi) is 4.68. The molecule has 1 unspecified atom stereocenters. The van der Waals surface area contributed by atoms with Crippen LogP contribution in [0.4, 0.5) is 0 Å². The highest BCUT2D eigenvalue weighted by molar-refractivity contribution is 14.1. The summed E-state index contributed by atoms with van der Waals surface area (Å²) in [7, 11) is 0. The second-order valence-corrected chi connectivity index (χ2v) is 8.30. The van der Waals surface area contributed by atoms with Crippen LogP contribution in [-0.2, 0) is 0 Å². The van der Waals surface area contributed by atoms with Gasteiger partial charge in [0, 0.05) is 8.95 Å². The molecule has 1 atom stereocenters. The molecule has 2 aromatic rings. The molecule has 0 radical (unpaired) electrons. The zero-order chi connectivity index (χ0) is 12.6. The van der Waals surface area contributed by atoms with Crippen molar-refractivity contribution in [3.63, 3.8) is 0 Å². The Morgan fingerprint density at radius 3 is 2.53 bits per heavy atom. The first-order valence-corrected chi connectivity index (χ1v) is 8.48. The van der Waals surface area contributed by atoms with E-state index in [1.165, 1.54) is 8.45 Å². The van der Waals surface area contributed by atoms with Crippen molar-refractivity contribution in [1.82, 2.24) is 0 Å². The molecule has 0 aliphatic rings. The van der Waals surface area contributed by atoms with Gasteiger partial charge in [0.05, 0.1) is 8.93 Å². The average molecular weight is 487 g/mol. The fraction of sp³-hybridized carbons (Fsp3) is 0.167. The summed E-state index contributed by atoms with van der Waals surface area (Å²) in [6.07, 6.45) is 0. The van der Waals surface area contributed by atoms with Gasteiger partial charge in [-0.1, -0.05) is 31.9 Å². The smallest absolute Gasteiger partial charge is 0.0656 e. The summed E-state index contributed by atoms with van der Waals surface area (Å²) in [5.74, 6) is 0. The third kappa shape index (κ3) is 3.12. The summed E-state index contributed by atoms with van der Waals surface area (Å²) < 4.78 is 3.42. The summed E-state index contributed by atoms with van der Waals surface area (Å²) in [6, 6.07) is 6.24. The first-order valence-electron chi connectivity index (χ1n) is 4.94. The van der Waals surface area contributed by atoms with Crippen LogP contribution in [0.5, 0.6) is 0 Å². The topological polar surface area (TPSA) is 26.0 Å². The lowest BCUT2D eigenvalue weighted by Gasteiger charge is -2.14. The van der Waals surface area contributed by atoms with E-state index in [-0.39, 0.29) is 6.04 Å². The van der Waals surface area contributed by atoms with Crippen molar-refractivity contribution in [1.29, 1.82) is 0 Å². The van der Waals surface area contributed by atoms with Gasteiger partial charge in [0.1, 0.15) is 0 Å². The molecule has 17 heavy (non-hydrogen) atoms. The van der Waals surface area contributed by atoms with E-state index in [1.54, 1.807) is 11.3 Å². The van der Waals surface area contributed by atoms with Gasteiger partial charge in [-0.3, -0.25) is 0 Å². The summed E-state index contributed by atoms with van der Waals surface area (Å²) in [4.78, 5) is 0. The van der Waals surface area contributed by atoms with Gasteiger partial charge in [-0.25, -0.2) is 0 Å². The molecule has 0 saturated heterocycles. The van der Waals surface area contributed by atoms with E-state index in [1.807, 2.05) is 0 Å². The maximum absolute atomic E-state index is 6.30. The molecule has 90 valence electrons. The zero-order valence-electron chi connectivity index (χ0n) is 9.01. The minimum absolute atomic E-state index is 0.0824. The molecule has 0 amide bonds. The van der Waals surface area contributed by atoms with Crippen molar-refractivity contribution in [2.75, 3.05) is 0 Å². The maximum atomic E-state index is 6.30. The molecule has 2 rings (SSSR count). The van der Waals surface area contributed by atoms with Gasteiger partial charge in [-0.15, -0.1) is 11.3 Å². The summed E-state index contributed by atoms with van der Waals surface area (Å²) in [5.41, 5.74) is 9.77. The number of hydrogen-bond acceptors (Lipinski definition) is 2. The largest absolute Gasteiger partial charge is 0.320 e. The van der Waals surface area contributed by atoms with Crippen LogP contribution < -0.4 is 5.73 Å². The molecule has 1 nitrogen and oxygen atoms in total. The fourth-order valence-corrected chi connectivity index (χ4v) is 4.04. The Morgan fingerprint density at radius 1 is 1.24 bits per heavy atom. The van der Waals surface area contributed by atoms with Crippen molar-refractivity contribution >= 4 is 65.8 Å². The van der Waals surface area contributed by atoms with Crippen LogP contribution in [0.25, 0.3) is 0 Å². The highest BCUT2D eigenvalue weighted by atomic mass is 127. The van der Waals surface area contributed by atoms with Crippen LogP contribution in [0.15, 0.2) is 32.5 Å². The monoisotopic (exact) mass is 485 g/mol. The van der Waals surface area contributed by atoms with Crippen LogP contribution in [0, 0.1) is 9.81 Å². The Hall–Kier alpha value is 0.570. The average Bonchev–Trinajstić information content (AvgIpc) is 2.69. The molecule has 1 aromatic heterocycles. The van der Waals surface area contributed by atoms with Crippen molar-refractivity contribution in [2.45, 2.75) is 13.0 Å². The number of halogens is 3. The third-order valence-electron chi connectivity index (χ3n) is 2.56. The van der Waals surface area contributed by atoms with Crippen LogP contribution in [-0.4, -0.2) is 0 Å². The van der Waals surface area contributed by atoms with Gasteiger partial charge in [0.25, 0.3) is 0 Å². The highest BCUT2D eigenvalue weighted by Gasteiger charge is 2.15. The Bertz CT molecular complexity index is 553. The minimum atomic E-state index is -0.0824. The summed E-state index contributed by atoms with van der Waals surface area (Å²) >= 11 is 11.2. The molecular formula is C12H10Br2INS. The van der Waals surface area contributed by atoms with Gasteiger partial charge < -0.3 is 5.73 Å². The lowest BCUT2D eigenvalue weighted by Crippen LogP contribution is -2.11. The Morgan fingerprint density at radius 2 is 1.94 bits per heavy atom. The van der Waals surface area contributed by atoms with E-state index in [0.717, 1.165) is 20.1 Å². The van der Waals surface area contributed by atoms with Crippen LogP contribution in [0.2, 0.25) is 0 Å². The van der Waals surface area contributed by atoms with Gasteiger partial charge in [0.15, 0.2) is 0 Å². The van der Waals surface area contributed by atoms with Gasteiger partial charge in [0.2, 0.25) is 0 Å². The molecule has 0 fully saturated rings. The molecule has 0 aliphatic heterocycles. The normalized spacial score (nSPS) is 12.8. The number of hydrogen-bond donors (Lipinski definition) is 1. The fourth-order valence-electron chi connectivity index (χ4n) is 1.57. The van der Waals surface area contributed by atoms with E-state index < -0.39 is 0 Å². The molecule has 5 heteroatoms. The van der Waals surface area contributed by atoms with Crippen LogP contribution in [0.3, 0.4) is 0 Å². The predicted molar refractivity (Wildman–Crippen MR) is 89.6 cm³/mol. The molecule has 0 saturated carbocycles. The molecule has 0 spiro atoms. The van der Waals surface area contributed by atoms with E-state index in [0.29, 0.717) is 0 Å². The molecule has 2 N–H and O–H groups in total. The van der Waals surface area contributed by atoms with Crippen molar-refractivity contribution < 1.29 is 0 Å². The van der Waals surface area contributed by atoms with Gasteiger partial charge >= 0.3 is 0 Å². The Balaban J connectivity index is 2.43. The lowest BCUT2D eigenvalue weighted by atomic mass is 10.0. The second kappa shape index (κ2) is 5.69. The van der Waals surface area contributed by atoms with Gasteiger partial charge in [-0.2, -0.15) is 0 Å². The molecule has 0 bridgehead atoms. The van der Waals surface area contributed by atoms with E-state index in [9.17, 15) is 0 Å². The maximum Gasteiger partial charge on any atom is 0.0656 e. The second-order valence-electron chi connectivity index (χ2n) is 3.78. The van der Waals surface area contributed by atoms with E-state index >= 15 is 0 Å². The first-order chi connectivity index (χ1) is 7.99. The zero-order valence-corrected chi connectivity index (χ0v) is 15.2. The number of aryl methyl sites for hydroxylation is 1.